The zero-order chi connectivity index (χ0) is 45.4. The quantitative estimate of drug-likeness (QED) is 0.0221. The molecular formula is C47H86O15. The Morgan fingerprint density at radius 3 is 1.47 bits per heavy atom. The van der Waals surface area contributed by atoms with E-state index in [0.717, 1.165) is 57.8 Å². The van der Waals surface area contributed by atoms with Gasteiger partial charge in [-0.15, -0.1) is 0 Å². The Hall–Kier alpha value is -1.76. The molecule has 15 nitrogen and oxygen atoms in total. The van der Waals surface area contributed by atoms with Gasteiger partial charge < -0.3 is 64.2 Å². The first-order valence-corrected chi connectivity index (χ1v) is 24.3. The maximum absolute atomic E-state index is 13.0. The molecule has 2 aliphatic heterocycles. The molecule has 2 heterocycles. The predicted molar refractivity (Wildman–Crippen MR) is 234 cm³/mol. The molecule has 62 heavy (non-hydrogen) atoms. The van der Waals surface area contributed by atoms with Gasteiger partial charge >= 0.3 is 11.9 Å². The lowest BCUT2D eigenvalue weighted by Crippen LogP contribution is -2.61. The van der Waals surface area contributed by atoms with Gasteiger partial charge in [-0.3, -0.25) is 9.59 Å². The van der Waals surface area contributed by atoms with E-state index in [2.05, 4.69) is 26.0 Å². The molecule has 7 N–H and O–H groups in total. The van der Waals surface area contributed by atoms with E-state index in [4.69, 9.17) is 28.4 Å². The maximum atomic E-state index is 13.0. The van der Waals surface area contributed by atoms with Gasteiger partial charge in [-0.2, -0.15) is 0 Å². The minimum absolute atomic E-state index is 0.169. The van der Waals surface area contributed by atoms with Crippen LogP contribution in [0.25, 0.3) is 0 Å². The molecule has 4 unspecified atom stereocenters. The second-order valence-electron chi connectivity index (χ2n) is 17.3. The molecule has 2 aliphatic rings. The summed E-state index contributed by atoms with van der Waals surface area (Å²) in [7, 11) is 0. The molecule has 2 fully saturated rings. The van der Waals surface area contributed by atoms with Crippen LogP contribution in [0.2, 0.25) is 0 Å². The third-order valence-electron chi connectivity index (χ3n) is 11.7. The monoisotopic (exact) mass is 891 g/mol. The summed E-state index contributed by atoms with van der Waals surface area (Å²) in [5.41, 5.74) is 0. The number of rotatable bonds is 37. The van der Waals surface area contributed by atoms with Crippen molar-refractivity contribution in [2.45, 2.75) is 248 Å². The predicted octanol–water partition coefficient (Wildman–Crippen LogP) is 5.82. The number of aliphatic hydroxyl groups excluding tert-OH is 7. The summed E-state index contributed by atoms with van der Waals surface area (Å²) in [6.45, 7) is 2.54. The summed E-state index contributed by atoms with van der Waals surface area (Å²) in [6.07, 6.45) is 15.4. The number of aliphatic hydroxyl groups is 7. The number of hydrogen-bond donors (Lipinski definition) is 7. The van der Waals surface area contributed by atoms with Crippen LogP contribution in [0, 0.1) is 0 Å². The maximum Gasteiger partial charge on any atom is 0.306 e. The van der Waals surface area contributed by atoms with Crippen LogP contribution >= 0.6 is 0 Å². The molecule has 0 aromatic heterocycles. The van der Waals surface area contributed by atoms with Gasteiger partial charge in [0.2, 0.25) is 0 Å². The van der Waals surface area contributed by atoms with Crippen LogP contribution in [-0.2, 0) is 38.0 Å². The average molecular weight is 891 g/mol. The van der Waals surface area contributed by atoms with Crippen molar-refractivity contribution in [3.05, 3.63) is 12.2 Å². The molecule has 11 atom stereocenters. The van der Waals surface area contributed by atoms with Crippen LogP contribution < -0.4 is 0 Å². The average Bonchev–Trinajstić information content (AvgIpc) is 3.26. The summed E-state index contributed by atoms with van der Waals surface area (Å²) < 4.78 is 33.5. The molecule has 0 spiro atoms. The molecular weight excluding hydrogens is 805 g/mol. The van der Waals surface area contributed by atoms with E-state index in [0.29, 0.717) is 12.8 Å². The Morgan fingerprint density at radius 1 is 0.500 bits per heavy atom. The van der Waals surface area contributed by atoms with Gasteiger partial charge in [-0.05, 0) is 32.1 Å². The van der Waals surface area contributed by atoms with Crippen molar-refractivity contribution in [3.8, 4) is 0 Å². The summed E-state index contributed by atoms with van der Waals surface area (Å²) in [4.78, 5) is 25.6. The standard InChI is InChI=1S/C47H86O15/c1-3-5-7-9-11-13-15-16-17-18-20-22-24-26-28-30-39(50)60-35(32-57-38(49)29-27-25-23-21-19-14-12-10-8-6-4-2)33-58-46-45(56)43(54)41(52)37(62-46)34-59-47-44(55)42(53)40(51)36(31-48)61-47/h10,12,35-37,40-48,51-56H,3-9,11,13-34H2,1-2H3/b12-10+/t35-,36-,37-,40+,41+,42?,43?,44?,45?,46-,47-/m1/s1. The lowest BCUT2D eigenvalue weighted by atomic mass is 9.98. The largest absolute Gasteiger partial charge is 0.462 e. The van der Waals surface area contributed by atoms with E-state index in [9.17, 15) is 45.3 Å². The number of carbonyl (C=O) groups is 2. The Bertz CT molecular complexity index is 1140. The van der Waals surface area contributed by atoms with Crippen LogP contribution in [0.4, 0.5) is 0 Å². The molecule has 0 aliphatic carbocycles. The van der Waals surface area contributed by atoms with Crippen molar-refractivity contribution >= 4 is 11.9 Å². The van der Waals surface area contributed by atoms with Crippen LogP contribution in [-0.4, -0.2) is 142 Å². The van der Waals surface area contributed by atoms with Crippen LogP contribution in [0.1, 0.15) is 181 Å². The zero-order valence-electron chi connectivity index (χ0n) is 38.1. The second kappa shape index (κ2) is 35.5. The minimum Gasteiger partial charge on any atom is -0.462 e. The summed E-state index contributed by atoms with van der Waals surface area (Å²) >= 11 is 0. The first-order chi connectivity index (χ1) is 30.0. The fourth-order valence-corrected chi connectivity index (χ4v) is 7.67. The van der Waals surface area contributed by atoms with E-state index < -0.39 is 92.7 Å². The van der Waals surface area contributed by atoms with Gasteiger partial charge in [0.05, 0.1) is 19.8 Å². The van der Waals surface area contributed by atoms with Gasteiger partial charge in [0, 0.05) is 12.8 Å². The second-order valence-corrected chi connectivity index (χ2v) is 17.3. The Kier molecular flexibility index (Phi) is 32.3. The molecule has 0 saturated carbocycles. The van der Waals surface area contributed by atoms with Crippen molar-refractivity contribution < 1.29 is 73.8 Å². The normalized spacial score (nSPS) is 27.1. The molecule has 2 rings (SSSR count). The SMILES string of the molecule is CCCC/C=C/CCCCCCCC(=O)OC[C@H](CO[C@@H]1O[C@H](CO[C@@H]2O[C@H](CO)[C@H](O)C(O)C2O)[C@H](O)C(O)C1O)OC(=O)CCCCCCCCCCCCCCCCC. The van der Waals surface area contributed by atoms with Gasteiger partial charge in [-0.25, -0.2) is 0 Å². The highest BCUT2D eigenvalue weighted by molar-refractivity contribution is 5.70. The van der Waals surface area contributed by atoms with Crippen molar-refractivity contribution in [2.24, 2.45) is 0 Å². The minimum atomic E-state index is -1.76. The number of carbonyl (C=O) groups excluding carboxylic acids is 2. The molecule has 364 valence electrons. The highest BCUT2D eigenvalue weighted by Gasteiger charge is 2.47. The summed E-state index contributed by atoms with van der Waals surface area (Å²) in [6, 6.07) is 0. The third-order valence-corrected chi connectivity index (χ3v) is 11.7. The lowest BCUT2D eigenvalue weighted by molar-refractivity contribution is -0.332. The van der Waals surface area contributed by atoms with Crippen molar-refractivity contribution in [3.63, 3.8) is 0 Å². The number of hydrogen-bond acceptors (Lipinski definition) is 15. The Balaban J connectivity index is 1.83. The Labute approximate surface area is 371 Å². The Morgan fingerprint density at radius 2 is 0.935 bits per heavy atom. The van der Waals surface area contributed by atoms with Crippen LogP contribution in [0.5, 0.6) is 0 Å². The first kappa shape index (κ1) is 56.4. The van der Waals surface area contributed by atoms with E-state index >= 15 is 0 Å². The summed E-state index contributed by atoms with van der Waals surface area (Å²) in [5, 5.41) is 71.9. The smallest absolute Gasteiger partial charge is 0.306 e. The number of ether oxygens (including phenoxy) is 6. The van der Waals surface area contributed by atoms with Crippen LogP contribution in [0.3, 0.4) is 0 Å². The topological polar surface area (TPSA) is 231 Å². The van der Waals surface area contributed by atoms with E-state index in [1.165, 1.54) is 83.5 Å². The number of unbranched alkanes of at least 4 members (excludes halogenated alkanes) is 21. The molecule has 0 aromatic rings. The van der Waals surface area contributed by atoms with Gasteiger partial charge in [0.15, 0.2) is 18.7 Å². The molecule has 15 heteroatoms. The fraction of sp³-hybridized carbons (Fsp3) is 0.915. The zero-order valence-corrected chi connectivity index (χ0v) is 38.1. The molecule has 0 bridgehead atoms. The highest BCUT2D eigenvalue weighted by atomic mass is 16.7. The van der Waals surface area contributed by atoms with Crippen molar-refractivity contribution in [1.29, 1.82) is 0 Å². The number of allylic oxidation sites excluding steroid dienone is 2. The van der Waals surface area contributed by atoms with Crippen LogP contribution in [0.15, 0.2) is 12.2 Å². The molecule has 2 saturated heterocycles. The number of esters is 2. The van der Waals surface area contributed by atoms with Gasteiger partial charge in [-0.1, -0.05) is 148 Å². The highest BCUT2D eigenvalue weighted by Crippen LogP contribution is 2.26. The molecule has 0 aromatic carbocycles. The van der Waals surface area contributed by atoms with E-state index in [1.807, 2.05) is 0 Å². The van der Waals surface area contributed by atoms with Crippen molar-refractivity contribution in [1.82, 2.24) is 0 Å². The first-order valence-electron chi connectivity index (χ1n) is 24.3. The van der Waals surface area contributed by atoms with Crippen molar-refractivity contribution in [2.75, 3.05) is 26.4 Å². The third kappa shape index (κ3) is 24.0. The lowest BCUT2D eigenvalue weighted by Gasteiger charge is -2.42. The van der Waals surface area contributed by atoms with Gasteiger partial charge in [0.25, 0.3) is 0 Å². The molecule has 0 amide bonds. The van der Waals surface area contributed by atoms with Gasteiger partial charge in [0.1, 0.15) is 55.4 Å². The fourth-order valence-electron chi connectivity index (χ4n) is 7.67. The molecule has 0 radical (unpaired) electrons. The summed E-state index contributed by atoms with van der Waals surface area (Å²) in [5.74, 6) is -0.929. The van der Waals surface area contributed by atoms with E-state index in [1.54, 1.807) is 0 Å². The van der Waals surface area contributed by atoms with E-state index in [-0.39, 0.29) is 26.1 Å².